The van der Waals surface area contributed by atoms with E-state index < -0.39 is 5.97 Å². The van der Waals surface area contributed by atoms with Gasteiger partial charge in [-0.25, -0.2) is 9.78 Å². The van der Waals surface area contributed by atoms with Gasteiger partial charge in [-0.3, -0.25) is 4.79 Å². The average molecular weight is 284 g/mol. The Hall–Kier alpha value is -3.09. The normalized spacial score (nSPS) is 13.5. The third kappa shape index (κ3) is 2.25. The van der Waals surface area contributed by atoms with E-state index in [0.29, 0.717) is 11.4 Å². The Balaban J connectivity index is 2.14. The second-order valence-electron chi connectivity index (χ2n) is 4.57. The van der Waals surface area contributed by atoms with Crippen molar-refractivity contribution < 1.29 is 14.7 Å². The Labute approximate surface area is 120 Å². The van der Waals surface area contributed by atoms with Crippen molar-refractivity contribution in [2.75, 3.05) is 22.5 Å². The second kappa shape index (κ2) is 4.78. The lowest BCUT2D eigenvalue weighted by molar-refractivity contribution is -0.115. The molecule has 21 heavy (non-hydrogen) atoms. The molecule has 0 saturated heterocycles. The summed E-state index contributed by atoms with van der Waals surface area (Å²) < 4.78 is 0. The molecule has 0 aliphatic carbocycles. The van der Waals surface area contributed by atoms with E-state index in [9.17, 15) is 9.59 Å². The van der Waals surface area contributed by atoms with Gasteiger partial charge in [-0.2, -0.15) is 0 Å². The third-order valence-corrected chi connectivity index (χ3v) is 3.15. The van der Waals surface area contributed by atoms with Crippen LogP contribution in [0, 0.1) is 0 Å². The molecule has 0 fully saturated rings. The minimum atomic E-state index is -1.15. The van der Waals surface area contributed by atoms with Crippen molar-refractivity contribution in [3.05, 3.63) is 42.1 Å². The minimum absolute atomic E-state index is 0.0251. The Morgan fingerprint density at radius 1 is 1.29 bits per heavy atom. The van der Waals surface area contributed by atoms with Crippen LogP contribution >= 0.6 is 0 Å². The quantitative estimate of drug-likeness (QED) is 0.770. The molecule has 0 radical (unpaired) electrons. The Morgan fingerprint density at radius 3 is 2.81 bits per heavy atom. The number of carbonyl (C=O) groups is 2. The number of hydrogen-bond donors (Lipinski definition) is 3. The zero-order valence-electron chi connectivity index (χ0n) is 10.9. The molecule has 0 spiro atoms. The molecule has 1 aliphatic rings. The molecule has 2 aromatic rings. The molecule has 7 heteroatoms. The lowest BCUT2D eigenvalue weighted by Crippen LogP contribution is -2.36. The highest BCUT2D eigenvalue weighted by Gasteiger charge is 2.25. The first-order chi connectivity index (χ1) is 10.1. The standard InChI is InChI=1S/C14H12N4O3/c15-8-5-6-10(14(20)21)17-13(8)18-7-12(19)16-9-3-1-2-4-11(9)18/h1-6H,7,15H2,(H,16,19)(H,20,21). The molecule has 0 atom stereocenters. The number of carbonyl (C=O) groups excluding carboxylic acids is 1. The minimum Gasteiger partial charge on any atom is -0.477 e. The molecule has 0 unspecified atom stereocenters. The number of para-hydroxylation sites is 2. The molecule has 1 aliphatic heterocycles. The number of anilines is 4. The van der Waals surface area contributed by atoms with Gasteiger partial charge in [-0.15, -0.1) is 0 Å². The van der Waals surface area contributed by atoms with E-state index in [1.165, 1.54) is 12.1 Å². The highest BCUT2D eigenvalue weighted by atomic mass is 16.4. The number of benzene rings is 1. The SMILES string of the molecule is Nc1ccc(C(=O)O)nc1N1CC(=O)Nc2ccccc21. The van der Waals surface area contributed by atoms with Gasteiger partial charge in [0, 0.05) is 0 Å². The molecular weight excluding hydrogens is 272 g/mol. The fourth-order valence-electron chi connectivity index (χ4n) is 2.22. The molecule has 1 amide bonds. The highest BCUT2D eigenvalue weighted by molar-refractivity contribution is 6.03. The number of rotatable bonds is 2. The zero-order chi connectivity index (χ0) is 15.0. The number of carboxylic acid groups (broad SMARTS) is 1. The summed E-state index contributed by atoms with van der Waals surface area (Å²) >= 11 is 0. The van der Waals surface area contributed by atoms with E-state index in [2.05, 4.69) is 10.3 Å². The van der Waals surface area contributed by atoms with E-state index in [4.69, 9.17) is 10.8 Å². The van der Waals surface area contributed by atoms with Crippen LogP contribution in [-0.2, 0) is 4.79 Å². The van der Waals surface area contributed by atoms with Gasteiger partial charge < -0.3 is 21.1 Å². The summed E-state index contributed by atoms with van der Waals surface area (Å²) in [5, 5.41) is 11.8. The summed E-state index contributed by atoms with van der Waals surface area (Å²) in [4.78, 5) is 28.5. The van der Waals surface area contributed by atoms with Crippen LogP contribution in [0.25, 0.3) is 0 Å². The summed E-state index contributed by atoms with van der Waals surface area (Å²) in [6.07, 6.45) is 0. The molecule has 3 rings (SSSR count). The predicted molar refractivity (Wildman–Crippen MR) is 77.7 cm³/mol. The largest absolute Gasteiger partial charge is 0.477 e. The maximum atomic E-state index is 11.8. The first-order valence-electron chi connectivity index (χ1n) is 6.22. The van der Waals surface area contributed by atoms with Crippen molar-refractivity contribution in [2.24, 2.45) is 0 Å². The van der Waals surface area contributed by atoms with E-state index >= 15 is 0 Å². The third-order valence-electron chi connectivity index (χ3n) is 3.15. The fourth-order valence-corrected chi connectivity index (χ4v) is 2.22. The maximum Gasteiger partial charge on any atom is 0.354 e. The van der Waals surface area contributed by atoms with Gasteiger partial charge in [0.25, 0.3) is 0 Å². The molecule has 0 bridgehead atoms. The maximum absolute atomic E-state index is 11.8. The molecular formula is C14H12N4O3. The number of nitrogens with two attached hydrogens (primary N) is 1. The monoisotopic (exact) mass is 284 g/mol. The molecule has 2 heterocycles. The van der Waals surface area contributed by atoms with Crippen molar-refractivity contribution in [1.29, 1.82) is 0 Å². The molecule has 1 aromatic heterocycles. The summed E-state index contributed by atoms with van der Waals surface area (Å²) in [6.45, 7) is 0.0251. The number of carboxylic acids is 1. The number of amides is 1. The van der Waals surface area contributed by atoms with Gasteiger partial charge in [0.2, 0.25) is 5.91 Å². The van der Waals surface area contributed by atoms with Crippen LogP contribution in [0.4, 0.5) is 22.9 Å². The molecule has 0 saturated carbocycles. The van der Waals surface area contributed by atoms with E-state index in [1.54, 1.807) is 17.0 Å². The average Bonchev–Trinajstić information content (AvgIpc) is 2.46. The van der Waals surface area contributed by atoms with Gasteiger partial charge in [0.05, 0.1) is 17.1 Å². The summed E-state index contributed by atoms with van der Waals surface area (Å²) in [6, 6.07) is 9.99. The number of aromatic nitrogens is 1. The van der Waals surface area contributed by atoms with Crippen LogP contribution in [0.15, 0.2) is 36.4 Å². The highest BCUT2D eigenvalue weighted by Crippen LogP contribution is 2.36. The molecule has 1 aromatic carbocycles. The van der Waals surface area contributed by atoms with Crippen molar-refractivity contribution >= 4 is 34.8 Å². The summed E-state index contributed by atoms with van der Waals surface area (Å²) in [5.41, 5.74) is 7.44. The predicted octanol–water partition coefficient (Wildman–Crippen LogP) is 1.45. The van der Waals surface area contributed by atoms with Crippen molar-refractivity contribution in [3.63, 3.8) is 0 Å². The Kier molecular flexibility index (Phi) is 2.94. The first-order valence-corrected chi connectivity index (χ1v) is 6.22. The first kappa shape index (κ1) is 12.9. The zero-order valence-corrected chi connectivity index (χ0v) is 10.9. The molecule has 106 valence electrons. The van der Waals surface area contributed by atoms with Gasteiger partial charge >= 0.3 is 5.97 Å². The smallest absolute Gasteiger partial charge is 0.354 e. The number of fused-ring (bicyclic) bond motifs is 1. The topological polar surface area (TPSA) is 109 Å². The number of pyridine rings is 1. The lowest BCUT2D eigenvalue weighted by Gasteiger charge is -2.30. The van der Waals surface area contributed by atoms with Crippen molar-refractivity contribution in [2.45, 2.75) is 0 Å². The van der Waals surface area contributed by atoms with Crippen LogP contribution in [-0.4, -0.2) is 28.5 Å². The number of hydrogen-bond acceptors (Lipinski definition) is 5. The number of nitrogens with zero attached hydrogens (tertiary/aromatic N) is 2. The van der Waals surface area contributed by atoms with Crippen LogP contribution in [0.2, 0.25) is 0 Å². The fraction of sp³-hybridized carbons (Fsp3) is 0.0714. The van der Waals surface area contributed by atoms with Crippen LogP contribution in [0.5, 0.6) is 0 Å². The van der Waals surface area contributed by atoms with Crippen LogP contribution in [0.3, 0.4) is 0 Å². The molecule has 4 N–H and O–H groups in total. The summed E-state index contributed by atoms with van der Waals surface area (Å²) in [5.74, 6) is -1.10. The summed E-state index contributed by atoms with van der Waals surface area (Å²) in [7, 11) is 0. The van der Waals surface area contributed by atoms with Crippen molar-refractivity contribution in [3.8, 4) is 0 Å². The van der Waals surface area contributed by atoms with Gasteiger partial charge in [0.1, 0.15) is 6.54 Å². The van der Waals surface area contributed by atoms with Crippen LogP contribution in [0.1, 0.15) is 10.5 Å². The van der Waals surface area contributed by atoms with Crippen molar-refractivity contribution in [1.82, 2.24) is 4.98 Å². The number of aromatic carboxylic acids is 1. The van der Waals surface area contributed by atoms with Gasteiger partial charge in [-0.05, 0) is 24.3 Å². The van der Waals surface area contributed by atoms with Gasteiger partial charge in [-0.1, -0.05) is 12.1 Å². The van der Waals surface area contributed by atoms with Gasteiger partial charge in [0.15, 0.2) is 11.5 Å². The lowest BCUT2D eigenvalue weighted by atomic mass is 10.2. The number of nitrogens with one attached hydrogen (secondary N) is 1. The number of nitrogen functional groups attached to an aromatic ring is 1. The Morgan fingerprint density at radius 2 is 2.05 bits per heavy atom. The second-order valence-corrected chi connectivity index (χ2v) is 4.57. The Bertz CT molecular complexity index is 745. The van der Waals surface area contributed by atoms with E-state index in [1.807, 2.05) is 12.1 Å². The van der Waals surface area contributed by atoms with E-state index in [0.717, 1.165) is 5.69 Å². The van der Waals surface area contributed by atoms with E-state index in [-0.39, 0.29) is 24.0 Å². The van der Waals surface area contributed by atoms with Crippen LogP contribution < -0.4 is 16.0 Å². The molecule has 7 nitrogen and oxygen atoms in total.